The lowest BCUT2D eigenvalue weighted by Crippen LogP contribution is -1.93. The molecule has 0 N–H and O–H groups in total. The average Bonchev–Trinajstić information content (AvgIpc) is 2.40. The monoisotopic (exact) mass is 283 g/mol. The second-order valence-corrected chi connectivity index (χ2v) is 5.39. The van der Waals surface area contributed by atoms with Gasteiger partial charge in [-0.15, -0.1) is 23.5 Å². The summed E-state index contributed by atoms with van der Waals surface area (Å²) in [5, 5.41) is 1.01. The molecule has 0 aromatic carbocycles. The first-order valence-corrected chi connectivity index (χ1v) is 7.50. The lowest BCUT2D eigenvalue weighted by Gasteiger charge is -2.04. The van der Waals surface area contributed by atoms with E-state index in [0.717, 1.165) is 16.5 Å². The van der Waals surface area contributed by atoms with Gasteiger partial charge in [-0.3, -0.25) is 0 Å². The third kappa shape index (κ3) is 6.61. The number of thioether (sulfide) groups is 2. The molecule has 1 rings (SSSR count). The molecule has 1 aromatic rings. The molecular weight excluding hydrogens is 266 g/mol. The Morgan fingerprint density at radius 1 is 1.11 bits per heavy atom. The molecule has 0 fully saturated rings. The second-order valence-electron chi connectivity index (χ2n) is 3.10. The first-order chi connectivity index (χ1) is 8.86. The summed E-state index contributed by atoms with van der Waals surface area (Å²) in [5.74, 6) is 1.77. The van der Waals surface area contributed by atoms with Gasteiger partial charge in [-0.2, -0.15) is 0 Å². The third-order valence-electron chi connectivity index (χ3n) is 1.86. The normalized spacial score (nSPS) is 9.78. The lowest BCUT2D eigenvalue weighted by atomic mass is 10.5. The van der Waals surface area contributed by atoms with Crippen molar-refractivity contribution >= 4 is 23.5 Å². The van der Waals surface area contributed by atoms with E-state index in [4.69, 9.17) is 9.47 Å². The fraction of sp³-hybridized carbons (Fsp3) is 0.308. The minimum Gasteiger partial charge on any atom is -0.501 e. The highest BCUT2D eigenvalue weighted by Gasteiger charge is 1.99. The van der Waals surface area contributed by atoms with Crippen LogP contribution < -0.4 is 0 Å². The molecule has 0 atom stereocenters. The number of rotatable bonds is 10. The molecule has 3 nitrogen and oxygen atoms in total. The summed E-state index contributed by atoms with van der Waals surface area (Å²) in [7, 11) is 0. The fourth-order valence-electron chi connectivity index (χ4n) is 1.13. The van der Waals surface area contributed by atoms with Gasteiger partial charge in [0.2, 0.25) is 0 Å². The van der Waals surface area contributed by atoms with Gasteiger partial charge in [-0.05, 0) is 12.1 Å². The van der Waals surface area contributed by atoms with Gasteiger partial charge < -0.3 is 9.47 Å². The van der Waals surface area contributed by atoms with Crippen LogP contribution in [0.4, 0.5) is 0 Å². The van der Waals surface area contributed by atoms with Gasteiger partial charge in [0.05, 0.1) is 30.8 Å². The Labute approximate surface area is 117 Å². The van der Waals surface area contributed by atoms with Crippen LogP contribution in [-0.2, 0) is 9.47 Å². The van der Waals surface area contributed by atoms with Crippen LogP contribution in [0.5, 0.6) is 0 Å². The molecule has 98 valence electrons. The Hall–Kier alpha value is -1.07. The summed E-state index contributed by atoms with van der Waals surface area (Å²) in [5.41, 5.74) is 0. The van der Waals surface area contributed by atoms with E-state index in [0.29, 0.717) is 13.2 Å². The zero-order valence-electron chi connectivity index (χ0n) is 10.2. The Balaban J connectivity index is 2.31. The Morgan fingerprint density at radius 2 is 1.78 bits per heavy atom. The maximum Gasteiger partial charge on any atom is 0.0972 e. The van der Waals surface area contributed by atoms with Crippen LogP contribution in [0.15, 0.2) is 53.9 Å². The van der Waals surface area contributed by atoms with Crippen molar-refractivity contribution in [2.24, 2.45) is 0 Å². The van der Waals surface area contributed by atoms with Gasteiger partial charge in [-0.1, -0.05) is 13.2 Å². The van der Waals surface area contributed by atoms with Crippen LogP contribution in [0, 0.1) is 0 Å². The Kier molecular flexibility index (Phi) is 8.25. The van der Waals surface area contributed by atoms with E-state index in [-0.39, 0.29) is 0 Å². The minimum absolute atomic E-state index is 0.653. The standard InChI is InChI=1S/C13H17NO2S2/c1-3-15-7-9-17-12-5-6-14-13(11-12)18-10-8-16-4-2/h3-6,11H,1-2,7-10H2. The molecule has 0 aliphatic heterocycles. The van der Waals surface area contributed by atoms with Crippen LogP contribution in [0.3, 0.4) is 0 Å². The molecule has 18 heavy (non-hydrogen) atoms. The minimum atomic E-state index is 0.653. The van der Waals surface area contributed by atoms with E-state index < -0.39 is 0 Å². The SMILES string of the molecule is C=COCCSc1ccnc(SCCOC=C)c1. The predicted octanol–water partition coefficient (Wildman–Crippen LogP) is 3.59. The largest absolute Gasteiger partial charge is 0.501 e. The molecule has 0 unspecified atom stereocenters. The zero-order chi connectivity index (χ0) is 13.1. The number of hydrogen-bond acceptors (Lipinski definition) is 5. The molecule has 0 amide bonds. The average molecular weight is 283 g/mol. The van der Waals surface area contributed by atoms with E-state index in [2.05, 4.69) is 24.2 Å². The Morgan fingerprint density at radius 3 is 2.44 bits per heavy atom. The molecule has 0 aliphatic carbocycles. The van der Waals surface area contributed by atoms with E-state index in [9.17, 15) is 0 Å². The highest BCUT2D eigenvalue weighted by atomic mass is 32.2. The van der Waals surface area contributed by atoms with E-state index in [1.807, 2.05) is 12.3 Å². The molecule has 1 heterocycles. The molecule has 0 saturated heterocycles. The highest BCUT2D eigenvalue weighted by molar-refractivity contribution is 8.00. The molecular formula is C13H17NO2S2. The van der Waals surface area contributed by atoms with Gasteiger partial charge in [-0.25, -0.2) is 4.98 Å². The maximum atomic E-state index is 5.07. The van der Waals surface area contributed by atoms with Gasteiger partial charge in [0.1, 0.15) is 0 Å². The summed E-state index contributed by atoms with van der Waals surface area (Å²) < 4.78 is 10.1. The van der Waals surface area contributed by atoms with Gasteiger partial charge in [0.15, 0.2) is 0 Å². The van der Waals surface area contributed by atoms with Crippen molar-refractivity contribution in [3.8, 4) is 0 Å². The van der Waals surface area contributed by atoms with Gasteiger partial charge in [0.25, 0.3) is 0 Å². The fourth-order valence-corrected chi connectivity index (χ4v) is 2.70. The number of hydrogen-bond donors (Lipinski definition) is 0. The van der Waals surface area contributed by atoms with Crippen LogP contribution in [-0.4, -0.2) is 29.7 Å². The van der Waals surface area contributed by atoms with E-state index in [1.165, 1.54) is 17.4 Å². The van der Waals surface area contributed by atoms with Crippen molar-refractivity contribution in [3.05, 3.63) is 44.0 Å². The number of nitrogens with zero attached hydrogens (tertiary/aromatic N) is 1. The van der Waals surface area contributed by atoms with Crippen LogP contribution >= 0.6 is 23.5 Å². The van der Waals surface area contributed by atoms with Crippen LogP contribution in [0.2, 0.25) is 0 Å². The van der Waals surface area contributed by atoms with Crippen LogP contribution in [0.1, 0.15) is 0 Å². The van der Waals surface area contributed by atoms with E-state index >= 15 is 0 Å². The first-order valence-electron chi connectivity index (χ1n) is 5.53. The lowest BCUT2D eigenvalue weighted by molar-refractivity contribution is 0.274. The quantitative estimate of drug-likeness (QED) is 0.372. The molecule has 0 bridgehead atoms. The Bertz CT molecular complexity index is 341. The summed E-state index contributed by atoms with van der Waals surface area (Å²) in [6.07, 6.45) is 4.75. The summed E-state index contributed by atoms with van der Waals surface area (Å²) in [4.78, 5) is 5.50. The van der Waals surface area contributed by atoms with Gasteiger partial charge in [0, 0.05) is 22.6 Å². The smallest absolute Gasteiger partial charge is 0.0972 e. The molecule has 0 spiro atoms. The van der Waals surface area contributed by atoms with Gasteiger partial charge >= 0.3 is 0 Å². The molecule has 0 aliphatic rings. The number of aromatic nitrogens is 1. The molecule has 5 heteroatoms. The van der Waals surface area contributed by atoms with Crippen molar-refractivity contribution in [2.45, 2.75) is 9.92 Å². The summed E-state index contributed by atoms with van der Waals surface area (Å²) in [6.45, 7) is 8.33. The maximum absolute atomic E-state index is 5.07. The topological polar surface area (TPSA) is 31.4 Å². The van der Waals surface area contributed by atoms with Crippen molar-refractivity contribution in [1.29, 1.82) is 0 Å². The number of ether oxygens (including phenoxy) is 2. The zero-order valence-corrected chi connectivity index (χ0v) is 11.8. The summed E-state index contributed by atoms with van der Waals surface area (Å²) in [6, 6.07) is 4.08. The van der Waals surface area contributed by atoms with Crippen molar-refractivity contribution in [3.63, 3.8) is 0 Å². The first kappa shape index (κ1) is 15.0. The van der Waals surface area contributed by atoms with E-state index in [1.54, 1.807) is 23.5 Å². The van der Waals surface area contributed by atoms with Crippen molar-refractivity contribution in [1.82, 2.24) is 4.98 Å². The molecule has 0 radical (unpaired) electrons. The van der Waals surface area contributed by atoms with Crippen molar-refractivity contribution < 1.29 is 9.47 Å². The summed E-state index contributed by atoms with van der Waals surface area (Å²) >= 11 is 3.42. The van der Waals surface area contributed by atoms with Crippen molar-refractivity contribution in [2.75, 3.05) is 24.7 Å². The molecule has 0 saturated carbocycles. The highest BCUT2D eigenvalue weighted by Crippen LogP contribution is 2.22. The second kappa shape index (κ2) is 9.91. The molecule has 1 aromatic heterocycles. The predicted molar refractivity (Wildman–Crippen MR) is 78.0 cm³/mol. The van der Waals surface area contributed by atoms with Crippen LogP contribution in [0.25, 0.3) is 0 Å². The number of pyridine rings is 1. The third-order valence-corrected chi connectivity index (χ3v) is 3.71.